The molecule has 3 heterocycles. The van der Waals surface area contributed by atoms with Crippen LogP contribution in [0.25, 0.3) is 16.6 Å². The summed E-state index contributed by atoms with van der Waals surface area (Å²) in [6, 6.07) is 7.74. The Bertz CT molecular complexity index is 1050. The zero-order chi connectivity index (χ0) is 16.7. The van der Waals surface area contributed by atoms with E-state index >= 15 is 0 Å². The van der Waals surface area contributed by atoms with Crippen molar-refractivity contribution in [3.05, 3.63) is 58.9 Å². The van der Waals surface area contributed by atoms with Gasteiger partial charge in [-0.25, -0.2) is 14.5 Å². The molecule has 9 heteroatoms. The second-order valence-electron chi connectivity index (χ2n) is 5.58. The largest absolute Gasteiger partial charge is 0.306 e. The van der Waals surface area contributed by atoms with E-state index in [-0.39, 0.29) is 11.6 Å². The van der Waals surface area contributed by atoms with Crippen molar-refractivity contribution in [2.75, 3.05) is 0 Å². The molecule has 4 rings (SSSR count). The Hall–Kier alpha value is -3.36. The van der Waals surface area contributed by atoms with E-state index in [4.69, 9.17) is 0 Å². The van der Waals surface area contributed by atoms with Crippen molar-refractivity contribution in [3.8, 4) is 0 Å². The van der Waals surface area contributed by atoms with Gasteiger partial charge in [0.05, 0.1) is 17.0 Å². The van der Waals surface area contributed by atoms with Crippen molar-refractivity contribution < 1.29 is 4.92 Å². The van der Waals surface area contributed by atoms with Crippen molar-refractivity contribution in [1.82, 2.24) is 29.4 Å². The van der Waals surface area contributed by atoms with E-state index in [1.54, 1.807) is 10.8 Å². The molecule has 0 aliphatic carbocycles. The minimum absolute atomic E-state index is 0.0274. The van der Waals surface area contributed by atoms with E-state index in [1.165, 1.54) is 17.1 Å². The molecule has 0 aliphatic rings. The van der Waals surface area contributed by atoms with Crippen molar-refractivity contribution in [2.45, 2.75) is 19.4 Å². The Morgan fingerprint density at radius 2 is 2.17 bits per heavy atom. The summed E-state index contributed by atoms with van der Waals surface area (Å²) in [5.74, 6) is 0.592. The summed E-state index contributed by atoms with van der Waals surface area (Å²) in [5, 5.41) is 20.1. The Morgan fingerprint density at radius 1 is 1.33 bits per heavy atom. The molecule has 0 radical (unpaired) electrons. The van der Waals surface area contributed by atoms with Gasteiger partial charge < -0.3 is 0 Å². The minimum Gasteiger partial charge on any atom is -0.265 e. The molecule has 9 nitrogen and oxygen atoms in total. The lowest BCUT2D eigenvalue weighted by Gasteiger charge is -2.06. The molecule has 0 aliphatic heterocycles. The number of fused-ring (bicyclic) bond motifs is 3. The van der Waals surface area contributed by atoms with Gasteiger partial charge in [-0.15, -0.1) is 5.10 Å². The summed E-state index contributed by atoms with van der Waals surface area (Å²) >= 11 is 0. The van der Waals surface area contributed by atoms with E-state index in [2.05, 4.69) is 20.2 Å². The molecule has 0 fully saturated rings. The van der Waals surface area contributed by atoms with Crippen LogP contribution >= 0.6 is 0 Å². The van der Waals surface area contributed by atoms with Gasteiger partial charge in [-0.05, 0) is 12.1 Å². The molecule has 4 aromatic rings. The number of para-hydroxylation sites is 1. The van der Waals surface area contributed by atoms with E-state index in [9.17, 15) is 10.1 Å². The second-order valence-corrected chi connectivity index (χ2v) is 5.58. The summed E-state index contributed by atoms with van der Waals surface area (Å²) in [7, 11) is 0. The Morgan fingerprint density at radius 3 is 2.96 bits per heavy atom. The molecule has 0 saturated carbocycles. The number of rotatable bonds is 4. The summed E-state index contributed by atoms with van der Waals surface area (Å²) in [6.45, 7) is 2.41. The fourth-order valence-corrected chi connectivity index (χ4v) is 2.61. The highest BCUT2D eigenvalue weighted by Crippen LogP contribution is 2.20. The van der Waals surface area contributed by atoms with Crippen LogP contribution in [0.4, 0.5) is 5.69 Å². The highest BCUT2D eigenvalue weighted by atomic mass is 16.6. The van der Waals surface area contributed by atoms with Crippen LogP contribution in [0.15, 0.2) is 43.0 Å². The first-order chi connectivity index (χ1) is 11.6. The monoisotopic (exact) mass is 323 g/mol. The zero-order valence-electron chi connectivity index (χ0n) is 12.8. The first-order valence-electron chi connectivity index (χ1n) is 7.38. The first-order valence-corrected chi connectivity index (χ1v) is 7.38. The number of aromatic nitrogens is 6. The smallest absolute Gasteiger partial charge is 0.265 e. The molecule has 0 amide bonds. The van der Waals surface area contributed by atoms with Crippen LogP contribution in [-0.2, 0) is 6.54 Å². The van der Waals surface area contributed by atoms with Crippen LogP contribution in [0.2, 0.25) is 0 Å². The average Bonchev–Trinajstić information content (AvgIpc) is 3.21. The van der Waals surface area contributed by atoms with Crippen LogP contribution in [-0.4, -0.2) is 34.3 Å². The van der Waals surface area contributed by atoms with E-state index in [0.717, 1.165) is 16.6 Å². The molecule has 0 spiro atoms. The number of benzene rings is 1. The molecule has 0 bridgehead atoms. The molecule has 1 aromatic carbocycles. The van der Waals surface area contributed by atoms with E-state index < -0.39 is 4.92 Å². The van der Waals surface area contributed by atoms with Crippen molar-refractivity contribution >= 4 is 22.2 Å². The molecular weight excluding hydrogens is 310 g/mol. The number of hydrogen-bond acceptors (Lipinski definition) is 6. The summed E-state index contributed by atoms with van der Waals surface area (Å²) in [6.07, 6.45) is 4.28. The highest BCUT2D eigenvalue weighted by Gasteiger charge is 2.17. The highest BCUT2D eigenvalue weighted by molar-refractivity contribution is 5.90. The van der Waals surface area contributed by atoms with Crippen LogP contribution in [0, 0.1) is 10.1 Å². The number of nitro groups is 1. The van der Waals surface area contributed by atoms with Crippen molar-refractivity contribution in [3.63, 3.8) is 0 Å². The number of hydrogen-bond donors (Lipinski definition) is 0. The van der Waals surface area contributed by atoms with Gasteiger partial charge in [0.15, 0.2) is 11.5 Å². The molecule has 1 atom stereocenters. The zero-order valence-corrected chi connectivity index (χ0v) is 12.8. The van der Waals surface area contributed by atoms with E-state index in [1.807, 2.05) is 31.2 Å². The van der Waals surface area contributed by atoms with Crippen LogP contribution in [0.3, 0.4) is 0 Å². The molecule has 0 N–H and O–H groups in total. The fraction of sp³-hybridized carbons (Fsp3) is 0.200. The maximum Gasteiger partial charge on any atom is 0.306 e. The Labute approximate surface area is 135 Å². The van der Waals surface area contributed by atoms with Crippen LogP contribution in [0.1, 0.15) is 18.7 Å². The van der Waals surface area contributed by atoms with Gasteiger partial charge in [0.1, 0.15) is 18.7 Å². The van der Waals surface area contributed by atoms with Crippen molar-refractivity contribution in [2.24, 2.45) is 0 Å². The van der Waals surface area contributed by atoms with E-state index in [0.29, 0.717) is 12.4 Å². The van der Waals surface area contributed by atoms with Gasteiger partial charge in [0.2, 0.25) is 0 Å². The molecule has 0 unspecified atom stereocenters. The van der Waals surface area contributed by atoms with Gasteiger partial charge in [0, 0.05) is 11.3 Å². The summed E-state index contributed by atoms with van der Waals surface area (Å²) in [5.41, 5.74) is 1.58. The maximum absolute atomic E-state index is 10.7. The third kappa shape index (κ3) is 2.35. The first kappa shape index (κ1) is 14.2. The molecule has 24 heavy (non-hydrogen) atoms. The predicted molar refractivity (Wildman–Crippen MR) is 85.6 cm³/mol. The predicted octanol–water partition coefficient (Wildman–Crippen LogP) is 2.19. The normalized spacial score (nSPS) is 12.7. The SMILES string of the molecule is C[C@H](Cn1cc([N+](=O)[O-])cn1)c1nc2c3ccccc3ncn2n1. The average molecular weight is 323 g/mol. The lowest BCUT2D eigenvalue weighted by atomic mass is 10.2. The van der Waals surface area contributed by atoms with Crippen molar-refractivity contribution in [1.29, 1.82) is 0 Å². The molecule has 3 aromatic heterocycles. The summed E-state index contributed by atoms with van der Waals surface area (Å²) < 4.78 is 3.19. The van der Waals surface area contributed by atoms with Crippen LogP contribution in [0.5, 0.6) is 0 Å². The second kappa shape index (κ2) is 5.37. The molecule has 0 saturated heterocycles. The third-order valence-electron chi connectivity index (χ3n) is 3.83. The quantitative estimate of drug-likeness (QED) is 0.421. The number of nitrogens with zero attached hydrogens (tertiary/aromatic N) is 7. The lowest BCUT2D eigenvalue weighted by Crippen LogP contribution is -2.08. The standard InChI is InChI=1S/C15H13N7O2/c1-10(7-20-8-11(6-17-20)22(23)24)14-18-15-12-4-2-3-5-13(12)16-9-21(15)19-14/h2-6,8-10H,7H2,1H3/t10-/m1/s1. The van der Waals surface area contributed by atoms with Crippen LogP contribution < -0.4 is 0 Å². The van der Waals surface area contributed by atoms with Gasteiger partial charge >= 0.3 is 5.69 Å². The Kier molecular flexibility index (Phi) is 3.19. The molecule has 120 valence electrons. The van der Waals surface area contributed by atoms with Gasteiger partial charge in [-0.2, -0.15) is 5.10 Å². The molecular formula is C15H13N7O2. The van der Waals surface area contributed by atoms with Gasteiger partial charge in [-0.1, -0.05) is 19.1 Å². The fourth-order valence-electron chi connectivity index (χ4n) is 2.61. The summed E-state index contributed by atoms with van der Waals surface area (Å²) in [4.78, 5) is 19.2. The maximum atomic E-state index is 10.7. The Balaban J connectivity index is 1.67. The lowest BCUT2D eigenvalue weighted by molar-refractivity contribution is -0.385. The minimum atomic E-state index is -0.463. The third-order valence-corrected chi connectivity index (χ3v) is 3.83. The van der Waals surface area contributed by atoms with Gasteiger partial charge in [-0.3, -0.25) is 14.8 Å². The van der Waals surface area contributed by atoms with Gasteiger partial charge in [0.25, 0.3) is 0 Å². The topological polar surface area (TPSA) is 104 Å².